The highest BCUT2D eigenvalue weighted by Gasteiger charge is 2.18. The van der Waals surface area contributed by atoms with E-state index >= 15 is 0 Å². The molecule has 0 aromatic carbocycles. The molecule has 0 atom stereocenters. The lowest BCUT2D eigenvalue weighted by molar-refractivity contribution is 0.577. The standard InChI is InChI=1S/C13H15N7O2S/c1-19-8-12(16-9-19)23(21,22)18-6-11-13(15-4-3-14-11)10-5-17-20(2)7-10/h3-5,7-9,18H,6H2,1-2H3. The highest BCUT2D eigenvalue weighted by atomic mass is 32.2. The molecule has 3 rings (SSSR count). The molecule has 0 aliphatic heterocycles. The van der Waals surface area contributed by atoms with Gasteiger partial charge in [0.25, 0.3) is 10.0 Å². The van der Waals surface area contributed by atoms with Crippen LogP contribution in [-0.4, -0.2) is 37.7 Å². The first-order valence-electron chi connectivity index (χ1n) is 6.72. The third kappa shape index (κ3) is 3.27. The second-order valence-corrected chi connectivity index (χ2v) is 6.67. The Morgan fingerprint density at radius 1 is 1.13 bits per heavy atom. The maximum absolute atomic E-state index is 12.2. The Hall–Kier alpha value is -2.59. The number of nitrogens with one attached hydrogen (secondary N) is 1. The molecule has 0 spiro atoms. The zero-order valence-corrected chi connectivity index (χ0v) is 13.4. The molecule has 0 aliphatic carbocycles. The Bertz CT molecular complexity index is 929. The fourth-order valence-corrected chi connectivity index (χ4v) is 3.01. The molecule has 0 aliphatic rings. The van der Waals surface area contributed by atoms with Crippen LogP contribution in [0.25, 0.3) is 11.3 Å². The van der Waals surface area contributed by atoms with Gasteiger partial charge in [-0.05, 0) is 0 Å². The Morgan fingerprint density at radius 3 is 2.57 bits per heavy atom. The first-order valence-corrected chi connectivity index (χ1v) is 8.20. The molecule has 23 heavy (non-hydrogen) atoms. The minimum atomic E-state index is -3.70. The highest BCUT2D eigenvalue weighted by molar-refractivity contribution is 7.89. The van der Waals surface area contributed by atoms with Gasteiger partial charge in [-0.3, -0.25) is 14.6 Å². The van der Waals surface area contributed by atoms with E-state index in [9.17, 15) is 8.42 Å². The molecule has 1 N–H and O–H groups in total. The number of hydrogen-bond acceptors (Lipinski definition) is 6. The van der Waals surface area contributed by atoms with Crippen molar-refractivity contribution in [3.63, 3.8) is 0 Å². The zero-order chi connectivity index (χ0) is 16.4. The molecule has 3 aromatic heterocycles. The molecule has 0 unspecified atom stereocenters. The molecule has 0 saturated carbocycles. The van der Waals surface area contributed by atoms with E-state index in [-0.39, 0.29) is 11.6 Å². The van der Waals surface area contributed by atoms with Crippen molar-refractivity contribution in [2.24, 2.45) is 14.1 Å². The third-order valence-electron chi connectivity index (χ3n) is 3.14. The minimum Gasteiger partial charge on any atom is -0.339 e. The Morgan fingerprint density at radius 2 is 1.91 bits per heavy atom. The Kier molecular flexibility index (Phi) is 3.92. The summed E-state index contributed by atoms with van der Waals surface area (Å²) in [5, 5.41) is 4.06. The molecule has 9 nitrogen and oxygen atoms in total. The Balaban J connectivity index is 1.84. The van der Waals surface area contributed by atoms with Crippen LogP contribution >= 0.6 is 0 Å². The maximum Gasteiger partial charge on any atom is 0.259 e. The lowest BCUT2D eigenvalue weighted by Crippen LogP contribution is -2.24. The second-order valence-electron chi connectivity index (χ2n) is 4.96. The van der Waals surface area contributed by atoms with Crippen LogP contribution in [0.4, 0.5) is 0 Å². The average Bonchev–Trinajstić information content (AvgIpc) is 3.15. The second kappa shape index (κ2) is 5.89. The molecule has 120 valence electrons. The topological polar surface area (TPSA) is 108 Å². The van der Waals surface area contributed by atoms with Gasteiger partial charge in [0.15, 0.2) is 5.03 Å². The number of aromatic nitrogens is 6. The smallest absolute Gasteiger partial charge is 0.259 e. The van der Waals surface area contributed by atoms with Crippen molar-refractivity contribution in [1.29, 1.82) is 0 Å². The van der Waals surface area contributed by atoms with Gasteiger partial charge in [-0.2, -0.15) is 5.10 Å². The SMILES string of the molecule is Cn1cnc(S(=O)(=O)NCc2nccnc2-c2cnn(C)c2)c1. The predicted octanol–water partition coefficient (Wildman–Crippen LogP) is 0.0891. The molecular formula is C13H15N7O2S. The van der Waals surface area contributed by atoms with Gasteiger partial charge in [0.05, 0.1) is 30.5 Å². The van der Waals surface area contributed by atoms with Crippen molar-refractivity contribution in [2.75, 3.05) is 0 Å². The van der Waals surface area contributed by atoms with E-state index in [0.29, 0.717) is 11.4 Å². The molecule has 0 saturated heterocycles. The fourth-order valence-electron chi connectivity index (χ4n) is 2.05. The molecule has 0 bridgehead atoms. The average molecular weight is 333 g/mol. The maximum atomic E-state index is 12.2. The monoisotopic (exact) mass is 333 g/mol. The summed E-state index contributed by atoms with van der Waals surface area (Å²) in [5.74, 6) is 0. The van der Waals surface area contributed by atoms with Gasteiger partial charge in [0.2, 0.25) is 0 Å². The van der Waals surface area contributed by atoms with Crippen molar-refractivity contribution >= 4 is 10.0 Å². The Labute approximate surface area is 133 Å². The number of sulfonamides is 1. The van der Waals surface area contributed by atoms with Crippen LogP contribution in [-0.2, 0) is 30.7 Å². The lowest BCUT2D eigenvalue weighted by atomic mass is 10.2. The fraction of sp³-hybridized carbons (Fsp3) is 0.231. The summed E-state index contributed by atoms with van der Waals surface area (Å²) in [6, 6.07) is 0. The minimum absolute atomic E-state index is 0.0109. The van der Waals surface area contributed by atoms with Crippen LogP contribution in [0.5, 0.6) is 0 Å². The molecule has 0 radical (unpaired) electrons. The summed E-state index contributed by atoms with van der Waals surface area (Å²) < 4.78 is 30.1. The van der Waals surface area contributed by atoms with Crippen molar-refractivity contribution in [3.8, 4) is 11.3 Å². The van der Waals surface area contributed by atoms with Gasteiger partial charge in [0, 0.05) is 44.4 Å². The number of imidazole rings is 1. The first-order chi connectivity index (χ1) is 11.0. The molecule has 3 aromatic rings. The van der Waals surface area contributed by atoms with Gasteiger partial charge in [-0.25, -0.2) is 18.1 Å². The molecule has 0 fully saturated rings. The van der Waals surface area contributed by atoms with E-state index < -0.39 is 10.0 Å². The predicted molar refractivity (Wildman–Crippen MR) is 81.5 cm³/mol. The van der Waals surface area contributed by atoms with Gasteiger partial charge in [-0.1, -0.05) is 0 Å². The quantitative estimate of drug-likeness (QED) is 0.709. The molecular weight excluding hydrogens is 318 g/mol. The van der Waals surface area contributed by atoms with E-state index in [4.69, 9.17) is 0 Å². The summed E-state index contributed by atoms with van der Waals surface area (Å²) >= 11 is 0. The van der Waals surface area contributed by atoms with Crippen LogP contribution in [0.2, 0.25) is 0 Å². The molecule has 3 heterocycles. The zero-order valence-electron chi connectivity index (χ0n) is 12.6. The van der Waals surface area contributed by atoms with Crippen molar-refractivity contribution in [1.82, 2.24) is 34.0 Å². The summed E-state index contributed by atoms with van der Waals surface area (Å²) in [6.45, 7) is 0.0109. The van der Waals surface area contributed by atoms with Gasteiger partial charge < -0.3 is 4.57 Å². The summed E-state index contributed by atoms with van der Waals surface area (Å²) in [5.41, 5.74) is 1.87. The first kappa shape index (κ1) is 15.3. The number of aryl methyl sites for hydroxylation is 2. The summed E-state index contributed by atoms with van der Waals surface area (Å²) in [7, 11) is -0.203. The lowest BCUT2D eigenvalue weighted by Gasteiger charge is -2.07. The highest BCUT2D eigenvalue weighted by Crippen LogP contribution is 2.19. The van der Waals surface area contributed by atoms with Crippen LogP contribution in [0.1, 0.15) is 5.69 Å². The van der Waals surface area contributed by atoms with Crippen molar-refractivity contribution < 1.29 is 8.42 Å². The molecule has 0 amide bonds. The third-order valence-corrected chi connectivity index (χ3v) is 4.42. The van der Waals surface area contributed by atoms with E-state index in [1.165, 1.54) is 18.7 Å². The summed E-state index contributed by atoms with van der Waals surface area (Å²) in [4.78, 5) is 12.3. The van der Waals surface area contributed by atoms with Crippen LogP contribution in [0.15, 0.2) is 42.3 Å². The molecule has 10 heteroatoms. The largest absolute Gasteiger partial charge is 0.339 e. The van der Waals surface area contributed by atoms with E-state index in [2.05, 4.69) is 24.8 Å². The van der Waals surface area contributed by atoms with E-state index in [1.54, 1.807) is 41.9 Å². The van der Waals surface area contributed by atoms with Crippen LogP contribution in [0.3, 0.4) is 0 Å². The number of rotatable bonds is 5. The summed E-state index contributed by atoms with van der Waals surface area (Å²) in [6.07, 6.45) is 9.38. The van der Waals surface area contributed by atoms with E-state index in [1.807, 2.05) is 0 Å². The number of hydrogen-bond donors (Lipinski definition) is 1. The number of nitrogens with zero attached hydrogens (tertiary/aromatic N) is 6. The van der Waals surface area contributed by atoms with Crippen molar-refractivity contribution in [2.45, 2.75) is 11.6 Å². The van der Waals surface area contributed by atoms with Crippen LogP contribution < -0.4 is 4.72 Å². The van der Waals surface area contributed by atoms with Gasteiger partial charge in [-0.15, -0.1) is 0 Å². The van der Waals surface area contributed by atoms with Crippen LogP contribution in [0, 0.1) is 0 Å². The van der Waals surface area contributed by atoms with Gasteiger partial charge >= 0.3 is 0 Å². The van der Waals surface area contributed by atoms with Gasteiger partial charge in [0.1, 0.15) is 0 Å². The van der Waals surface area contributed by atoms with Crippen molar-refractivity contribution in [3.05, 3.63) is 43.0 Å². The normalized spacial score (nSPS) is 11.7. The van der Waals surface area contributed by atoms with E-state index in [0.717, 1.165) is 5.56 Å².